The summed E-state index contributed by atoms with van der Waals surface area (Å²) >= 11 is 0. The molecule has 1 aliphatic rings. The molecule has 1 aromatic carbocycles. The SMILES string of the molecule is CC(C)N1CCCc2c(C#CC(C)(C)C(F)(F)F)cccc21. The zero-order chi connectivity index (χ0) is 16.5. The Morgan fingerprint density at radius 3 is 2.45 bits per heavy atom. The molecule has 0 spiro atoms. The summed E-state index contributed by atoms with van der Waals surface area (Å²) in [5.74, 6) is 5.20. The lowest BCUT2D eigenvalue weighted by atomic mass is 9.91. The molecule has 0 bridgehead atoms. The lowest BCUT2D eigenvalue weighted by Gasteiger charge is -2.35. The fraction of sp³-hybridized carbons (Fsp3) is 0.556. The molecule has 0 aliphatic carbocycles. The third-order valence-electron chi connectivity index (χ3n) is 4.13. The molecule has 0 saturated carbocycles. The van der Waals surface area contributed by atoms with Crippen molar-refractivity contribution < 1.29 is 13.2 Å². The van der Waals surface area contributed by atoms with E-state index < -0.39 is 11.6 Å². The second kappa shape index (κ2) is 5.87. The second-order valence-corrected chi connectivity index (χ2v) is 6.57. The predicted molar refractivity (Wildman–Crippen MR) is 84.0 cm³/mol. The van der Waals surface area contributed by atoms with Crippen LogP contribution in [0.5, 0.6) is 0 Å². The van der Waals surface area contributed by atoms with Gasteiger partial charge in [0.2, 0.25) is 0 Å². The van der Waals surface area contributed by atoms with Crippen molar-refractivity contribution in [2.24, 2.45) is 5.41 Å². The molecule has 0 unspecified atom stereocenters. The first-order valence-corrected chi connectivity index (χ1v) is 7.62. The molecule has 0 fully saturated rings. The van der Waals surface area contributed by atoms with Crippen LogP contribution in [0, 0.1) is 17.3 Å². The van der Waals surface area contributed by atoms with Gasteiger partial charge in [-0.05, 0) is 58.2 Å². The summed E-state index contributed by atoms with van der Waals surface area (Å²) in [6, 6.07) is 6.11. The highest BCUT2D eigenvalue weighted by Gasteiger charge is 2.46. The summed E-state index contributed by atoms with van der Waals surface area (Å²) in [6.07, 6.45) is -2.44. The molecule has 0 amide bonds. The number of nitrogens with zero attached hydrogens (tertiary/aromatic N) is 1. The number of halogens is 3. The molecule has 1 aromatic rings. The normalized spacial score (nSPS) is 15.4. The van der Waals surface area contributed by atoms with E-state index in [1.807, 2.05) is 18.2 Å². The van der Waals surface area contributed by atoms with E-state index in [1.165, 1.54) is 0 Å². The van der Waals surface area contributed by atoms with Crippen molar-refractivity contribution in [2.75, 3.05) is 11.4 Å². The van der Waals surface area contributed by atoms with Crippen molar-refractivity contribution in [3.8, 4) is 11.8 Å². The molecular formula is C18H22F3N. The summed E-state index contributed by atoms with van der Waals surface area (Å²) in [6.45, 7) is 7.47. The summed E-state index contributed by atoms with van der Waals surface area (Å²) in [5.41, 5.74) is 0.910. The molecule has 0 radical (unpaired) electrons. The van der Waals surface area contributed by atoms with Crippen LogP contribution in [0.4, 0.5) is 18.9 Å². The zero-order valence-corrected chi connectivity index (χ0v) is 13.5. The Labute approximate surface area is 130 Å². The summed E-state index contributed by atoms with van der Waals surface area (Å²) in [7, 11) is 0. The smallest absolute Gasteiger partial charge is 0.369 e. The van der Waals surface area contributed by atoms with Crippen LogP contribution in [0.3, 0.4) is 0 Å². The molecule has 4 heteroatoms. The number of anilines is 1. The molecule has 120 valence electrons. The highest BCUT2D eigenvalue weighted by Crippen LogP contribution is 2.37. The van der Waals surface area contributed by atoms with Gasteiger partial charge in [-0.3, -0.25) is 0 Å². The molecule has 22 heavy (non-hydrogen) atoms. The Balaban J connectivity index is 2.42. The van der Waals surface area contributed by atoms with Crippen LogP contribution in [-0.2, 0) is 6.42 Å². The Bertz CT molecular complexity index is 603. The fourth-order valence-corrected chi connectivity index (χ4v) is 2.60. The van der Waals surface area contributed by atoms with E-state index in [-0.39, 0.29) is 0 Å². The topological polar surface area (TPSA) is 3.24 Å². The number of rotatable bonds is 1. The third kappa shape index (κ3) is 3.24. The van der Waals surface area contributed by atoms with Gasteiger partial charge in [-0.15, -0.1) is 0 Å². The van der Waals surface area contributed by atoms with Gasteiger partial charge < -0.3 is 4.90 Å². The second-order valence-electron chi connectivity index (χ2n) is 6.57. The zero-order valence-electron chi connectivity index (χ0n) is 13.5. The van der Waals surface area contributed by atoms with E-state index in [9.17, 15) is 13.2 Å². The average molecular weight is 309 g/mol. The van der Waals surface area contributed by atoms with E-state index in [1.54, 1.807) is 0 Å². The van der Waals surface area contributed by atoms with Crippen molar-refractivity contribution in [3.05, 3.63) is 29.3 Å². The van der Waals surface area contributed by atoms with Gasteiger partial charge in [0, 0.05) is 23.8 Å². The molecule has 1 aliphatic heterocycles. The number of benzene rings is 1. The van der Waals surface area contributed by atoms with Crippen molar-refractivity contribution >= 4 is 5.69 Å². The van der Waals surface area contributed by atoms with E-state index in [4.69, 9.17) is 0 Å². The predicted octanol–water partition coefficient (Wildman–Crippen LogP) is 4.79. The lowest BCUT2D eigenvalue weighted by Crippen LogP contribution is -2.35. The van der Waals surface area contributed by atoms with Gasteiger partial charge in [-0.2, -0.15) is 13.2 Å². The van der Waals surface area contributed by atoms with Gasteiger partial charge in [0.1, 0.15) is 5.41 Å². The Hall–Kier alpha value is -1.63. The van der Waals surface area contributed by atoms with E-state index in [0.29, 0.717) is 6.04 Å². The van der Waals surface area contributed by atoms with E-state index >= 15 is 0 Å². The molecule has 0 saturated heterocycles. The first kappa shape index (κ1) is 16.7. The largest absolute Gasteiger partial charge is 0.404 e. The highest BCUT2D eigenvalue weighted by atomic mass is 19.4. The fourth-order valence-electron chi connectivity index (χ4n) is 2.60. The maximum Gasteiger partial charge on any atom is 0.404 e. The molecule has 0 atom stereocenters. The molecule has 2 rings (SSSR count). The average Bonchev–Trinajstić information content (AvgIpc) is 2.43. The lowest BCUT2D eigenvalue weighted by molar-refractivity contribution is -0.190. The molecule has 1 heterocycles. The Morgan fingerprint density at radius 2 is 1.86 bits per heavy atom. The minimum Gasteiger partial charge on any atom is -0.369 e. The minimum atomic E-state index is -4.32. The van der Waals surface area contributed by atoms with Gasteiger partial charge in [-0.1, -0.05) is 17.9 Å². The molecule has 0 aromatic heterocycles. The number of hydrogen-bond acceptors (Lipinski definition) is 1. The van der Waals surface area contributed by atoms with Crippen LogP contribution in [0.1, 0.15) is 45.2 Å². The standard InChI is InChI=1S/C18H22F3N/c1-13(2)22-12-6-8-15-14(7-5-9-16(15)22)10-11-17(3,4)18(19,20)21/h5,7,9,13H,6,8,12H2,1-4H3. The molecular weight excluding hydrogens is 287 g/mol. The summed E-state index contributed by atoms with van der Waals surface area (Å²) in [5, 5.41) is 0. The quantitative estimate of drug-likeness (QED) is 0.674. The van der Waals surface area contributed by atoms with Crippen LogP contribution >= 0.6 is 0 Å². The van der Waals surface area contributed by atoms with Crippen molar-refractivity contribution in [2.45, 2.75) is 52.8 Å². The van der Waals surface area contributed by atoms with Gasteiger partial charge >= 0.3 is 6.18 Å². The number of alkyl halides is 3. The maximum atomic E-state index is 12.9. The maximum absolute atomic E-state index is 12.9. The number of fused-ring (bicyclic) bond motifs is 1. The first-order chi connectivity index (χ1) is 10.1. The Kier molecular flexibility index (Phi) is 4.47. The third-order valence-corrected chi connectivity index (χ3v) is 4.13. The molecule has 1 nitrogen and oxygen atoms in total. The summed E-state index contributed by atoms with van der Waals surface area (Å²) in [4.78, 5) is 2.29. The van der Waals surface area contributed by atoms with Gasteiger partial charge in [0.15, 0.2) is 0 Å². The molecule has 0 N–H and O–H groups in total. The van der Waals surface area contributed by atoms with Crippen LogP contribution in [0.15, 0.2) is 18.2 Å². The van der Waals surface area contributed by atoms with Crippen molar-refractivity contribution in [1.82, 2.24) is 0 Å². The van der Waals surface area contributed by atoms with Crippen LogP contribution < -0.4 is 4.90 Å². The number of hydrogen-bond donors (Lipinski definition) is 0. The first-order valence-electron chi connectivity index (χ1n) is 7.62. The van der Waals surface area contributed by atoms with Crippen LogP contribution in [0.25, 0.3) is 0 Å². The van der Waals surface area contributed by atoms with Gasteiger partial charge in [0.25, 0.3) is 0 Å². The Morgan fingerprint density at radius 1 is 1.18 bits per heavy atom. The van der Waals surface area contributed by atoms with Crippen molar-refractivity contribution in [1.29, 1.82) is 0 Å². The van der Waals surface area contributed by atoms with Crippen LogP contribution in [-0.4, -0.2) is 18.8 Å². The summed E-state index contributed by atoms with van der Waals surface area (Å²) < 4.78 is 38.8. The van der Waals surface area contributed by atoms with Gasteiger partial charge in [0.05, 0.1) is 0 Å². The van der Waals surface area contributed by atoms with Crippen LogP contribution in [0.2, 0.25) is 0 Å². The van der Waals surface area contributed by atoms with E-state index in [0.717, 1.165) is 50.0 Å². The minimum absolute atomic E-state index is 0.369. The van der Waals surface area contributed by atoms with Gasteiger partial charge in [-0.25, -0.2) is 0 Å². The van der Waals surface area contributed by atoms with E-state index in [2.05, 4.69) is 30.6 Å². The highest BCUT2D eigenvalue weighted by molar-refractivity contribution is 5.62. The van der Waals surface area contributed by atoms with Crippen molar-refractivity contribution in [3.63, 3.8) is 0 Å². The monoisotopic (exact) mass is 309 g/mol.